The molecular formula is C27H56N2O. The van der Waals surface area contributed by atoms with Crippen LogP contribution < -0.4 is 11.1 Å². The second-order valence-electron chi connectivity index (χ2n) is 9.50. The number of carbonyl (C=O) groups is 1. The average molecular weight is 425 g/mol. The second kappa shape index (κ2) is 21.7. The van der Waals surface area contributed by atoms with Crippen molar-refractivity contribution in [3.05, 3.63) is 0 Å². The molecule has 0 aliphatic heterocycles. The first-order valence-corrected chi connectivity index (χ1v) is 13.6. The van der Waals surface area contributed by atoms with Gasteiger partial charge in [0.2, 0.25) is 5.91 Å². The fraction of sp³-hybridized carbons (Fsp3) is 0.963. The lowest BCUT2D eigenvalue weighted by molar-refractivity contribution is -0.121. The molecule has 3 nitrogen and oxygen atoms in total. The molecule has 0 saturated heterocycles. The minimum atomic E-state index is 0.194. The molecule has 0 aromatic rings. The molecule has 0 spiro atoms. The van der Waals surface area contributed by atoms with E-state index in [4.69, 9.17) is 5.73 Å². The maximum atomic E-state index is 11.6. The van der Waals surface area contributed by atoms with Crippen LogP contribution in [-0.2, 0) is 4.79 Å². The van der Waals surface area contributed by atoms with Gasteiger partial charge in [-0.25, -0.2) is 0 Å². The Balaban J connectivity index is 3.26. The van der Waals surface area contributed by atoms with Crippen LogP contribution in [-0.4, -0.2) is 19.0 Å². The third kappa shape index (κ3) is 17.1. The first kappa shape index (κ1) is 29.4. The van der Waals surface area contributed by atoms with Crippen LogP contribution in [0, 0.1) is 5.41 Å². The van der Waals surface area contributed by atoms with E-state index < -0.39 is 0 Å². The third-order valence-corrected chi connectivity index (χ3v) is 7.31. The topological polar surface area (TPSA) is 55.1 Å². The molecule has 0 rings (SSSR count). The molecule has 0 heterocycles. The molecule has 0 bridgehead atoms. The van der Waals surface area contributed by atoms with Crippen molar-refractivity contribution >= 4 is 5.91 Å². The number of carbonyl (C=O) groups excluding carboxylic acids is 1. The zero-order valence-corrected chi connectivity index (χ0v) is 21.0. The summed E-state index contributed by atoms with van der Waals surface area (Å²) in [4.78, 5) is 11.6. The Labute approximate surface area is 189 Å². The van der Waals surface area contributed by atoms with E-state index in [1.54, 1.807) is 0 Å². The number of unbranched alkanes of at least 4 members (excludes halogenated alkanes) is 13. The van der Waals surface area contributed by atoms with Crippen LogP contribution >= 0.6 is 0 Å². The minimum absolute atomic E-state index is 0.194. The van der Waals surface area contributed by atoms with Gasteiger partial charge in [0.1, 0.15) is 0 Å². The number of hydrogen-bond acceptors (Lipinski definition) is 2. The number of hydrogen-bond donors (Lipinski definition) is 2. The van der Waals surface area contributed by atoms with Gasteiger partial charge in [-0.1, -0.05) is 124 Å². The highest BCUT2D eigenvalue weighted by atomic mass is 16.1. The number of rotatable bonds is 23. The number of nitrogens with one attached hydrogen (secondary N) is 1. The maximum absolute atomic E-state index is 11.6. The lowest BCUT2D eigenvalue weighted by Gasteiger charge is -2.30. The number of amides is 1. The van der Waals surface area contributed by atoms with Gasteiger partial charge in [0, 0.05) is 13.0 Å². The summed E-state index contributed by atoms with van der Waals surface area (Å²) in [5.41, 5.74) is 6.06. The normalized spacial score (nSPS) is 11.7. The van der Waals surface area contributed by atoms with Crippen LogP contribution in [0.2, 0.25) is 0 Å². The van der Waals surface area contributed by atoms with Gasteiger partial charge >= 0.3 is 0 Å². The number of nitrogens with two attached hydrogens (primary N) is 1. The lowest BCUT2D eigenvalue weighted by Crippen LogP contribution is -2.25. The summed E-state index contributed by atoms with van der Waals surface area (Å²) in [5.74, 6) is 0.194. The molecule has 180 valence electrons. The van der Waals surface area contributed by atoms with Crippen molar-refractivity contribution in [2.24, 2.45) is 11.1 Å². The molecule has 0 radical (unpaired) electrons. The summed E-state index contributed by atoms with van der Waals surface area (Å²) in [6, 6.07) is 0. The highest BCUT2D eigenvalue weighted by Gasteiger charge is 2.22. The highest BCUT2D eigenvalue weighted by molar-refractivity contribution is 5.75. The summed E-state index contributed by atoms with van der Waals surface area (Å²) >= 11 is 0. The zero-order chi connectivity index (χ0) is 22.3. The first-order valence-electron chi connectivity index (χ1n) is 13.6. The fourth-order valence-corrected chi connectivity index (χ4v) is 4.61. The summed E-state index contributed by atoms with van der Waals surface area (Å²) in [5, 5.41) is 2.93. The molecule has 0 aromatic carbocycles. The Kier molecular flexibility index (Phi) is 21.2. The van der Waals surface area contributed by atoms with E-state index in [0.29, 0.717) is 18.4 Å². The smallest absolute Gasteiger partial charge is 0.219 e. The molecule has 0 fully saturated rings. The Hall–Kier alpha value is -0.570. The molecule has 0 atom stereocenters. The van der Waals surface area contributed by atoms with Crippen molar-refractivity contribution in [2.45, 2.75) is 149 Å². The van der Waals surface area contributed by atoms with E-state index >= 15 is 0 Å². The Morgan fingerprint density at radius 3 is 1.43 bits per heavy atom. The van der Waals surface area contributed by atoms with Gasteiger partial charge in [-0.15, -0.1) is 0 Å². The van der Waals surface area contributed by atoms with Crippen LogP contribution in [0.15, 0.2) is 0 Å². The van der Waals surface area contributed by atoms with Crippen LogP contribution in [0.3, 0.4) is 0 Å². The molecule has 0 aliphatic carbocycles. The van der Waals surface area contributed by atoms with E-state index in [2.05, 4.69) is 26.1 Å². The summed E-state index contributed by atoms with van der Waals surface area (Å²) < 4.78 is 0. The highest BCUT2D eigenvalue weighted by Crippen LogP contribution is 2.36. The van der Waals surface area contributed by atoms with Gasteiger partial charge in [-0.3, -0.25) is 4.79 Å². The van der Waals surface area contributed by atoms with Crippen molar-refractivity contribution in [3.63, 3.8) is 0 Å². The van der Waals surface area contributed by atoms with Crippen LogP contribution in [0.25, 0.3) is 0 Å². The van der Waals surface area contributed by atoms with Crippen LogP contribution in [0.1, 0.15) is 149 Å². The Morgan fingerprint density at radius 2 is 1.03 bits per heavy atom. The van der Waals surface area contributed by atoms with E-state index in [1.165, 1.54) is 109 Å². The zero-order valence-electron chi connectivity index (χ0n) is 21.0. The summed E-state index contributed by atoms with van der Waals surface area (Å²) in [6.45, 7) is 8.51. The van der Waals surface area contributed by atoms with Crippen molar-refractivity contribution in [2.75, 3.05) is 13.1 Å². The van der Waals surface area contributed by atoms with Crippen molar-refractivity contribution in [3.8, 4) is 0 Å². The first-order chi connectivity index (χ1) is 14.6. The predicted octanol–water partition coefficient (Wildman–Crippen LogP) is 7.91. The fourth-order valence-electron chi connectivity index (χ4n) is 4.61. The standard InChI is InChI=1S/C27H56N2O/c1-4-27(5-2,6-3)23-20-18-16-14-12-10-8-7-9-11-13-15-17-19-22-26(30)29-25-21-24-28/h4-25,28H2,1-3H3,(H,29,30). The minimum Gasteiger partial charge on any atom is -0.356 e. The van der Waals surface area contributed by atoms with Gasteiger partial charge in [0.25, 0.3) is 0 Å². The molecule has 1 amide bonds. The lowest BCUT2D eigenvalue weighted by atomic mass is 9.75. The third-order valence-electron chi connectivity index (χ3n) is 7.31. The molecule has 30 heavy (non-hydrogen) atoms. The van der Waals surface area contributed by atoms with Crippen LogP contribution in [0.4, 0.5) is 0 Å². The monoisotopic (exact) mass is 424 g/mol. The molecule has 0 saturated carbocycles. The molecule has 3 N–H and O–H groups in total. The van der Waals surface area contributed by atoms with E-state index in [1.807, 2.05) is 0 Å². The van der Waals surface area contributed by atoms with Crippen LogP contribution in [0.5, 0.6) is 0 Å². The molecular weight excluding hydrogens is 368 g/mol. The van der Waals surface area contributed by atoms with E-state index in [-0.39, 0.29) is 5.91 Å². The summed E-state index contributed by atoms with van der Waals surface area (Å²) in [7, 11) is 0. The van der Waals surface area contributed by atoms with Gasteiger partial charge in [0.05, 0.1) is 0 Å². The van der Waals surface area contributed by atoms with Gasteiger partial charge < -0.3 is 11.1 Å². The maximum Gasteiger partial charge on any atom is 0.219 e. The van der Waals surface area contributed by atoms with Crippen molar-refractivity contribution in [1.29, 1.82) is 0 Å². The van der Waals surface area contributed by atoms with Crippen molar-refractivity contribution < 1.29 is 4.79 Å². The van der Waals surface area contributed by atoms with Gasteiger partial charge in [0.15, 0.2) is 0 Å². The molecule has 3 heteroatoms. The Morgan fingerprint density at radius 1 is 0.633 bits per heavy atom. The van der Waals surface area contributed by atoms with Gasteiger partial charge in [-0.05, 0) is 31.2 Å². The molecule has 0 aromatic heterocycles. The summed E-state index contributed by atoms with van der Waals surface area (Å²) in [6.07, 6.45) is 26.2. The largest absolute Gasteiger partial charge is 0.356 e. The van der Waals surface area contributed by atoms with E-state index in [0.717, 1.165) is 19.4 Å². The molecule has 0 aliphatic rings. The Bertz CT molecular complexity index is 358. The van der Waals surface area contributed by atoms with Crippen molar-refractivity contribution in [1.82, 2.24) is 5.32 Å². The average Bonchev–Trinajstić information content (AvgIpc) is 2.76. The SMILES string of the molecule is CCC(CC)(CC)CCCCCCCCCCCCCCCCC(=O)NCCCN. The van der Waals surface area contributed by atoms with Gasteiger partial charge in [-0.2, -0.15) is 0 Å². The quantitative estimate of drug-likeness (QED) is 0.164. The molecule has 0 unspecified atom stereocenters. The van der Waals surface area contributed by atoms with E-state index in [9.17, 15) is 4.79 Å². The second-order valence-corrected chi connectivity index (χ2v) is 9.50. The predicted molar refractivity (Wildman–Crippen MR) is 134 cm³/mol.